The molecule has 2 aliphatic rings. The van der Waals surface area contributed by atoms with Gasteiger partial charge in [-0.3, -0.25) is 0 Å². The van der Waals surface area contributed by atoms with Crippen molar-refractivity contribution in [3.05, 3.63) is 114 Å². The van der Waals surface area contributed by atoms with Crippen LogP contribution in [0.4, 0.5) is 17.6 Å². The number of imidazole rings is 1. The number of hydrogen-bond donors (Lipinski definition) is 0. The number of rotatable bonds is 7. The summed E-state index contributed by atoms with van der Waals surface area (Å²) < 4.78 is 65.5. The van der Waals surface area contributed by atoms with E-state index in [-0.39, 0.29) is 11.4 Å². The Balaban J connectivity index is 1.53. The van der Waals surface area contributed by atoms with Crippen molar-refractivity contribution in [1.82, 2.24) is 24.3 Å². The zero-order valence-corrected chi connectivity index (χ0v) is 22.9. The van der Waals surface area contributed by atoms with Gasteiger partial charge in [0.25, 0.3) is 0 Å². The van der Waals surface area contributed by atoms with E-state index in [1.807, 2.05) is 48.9 Å². The first-order valence-electron chi connectivity index (χ1n) is 13.3. The molecule has 0 saturated carbocycles. The maximum absolute atomic E-state index is 14.3. The average Bonchev–Trinajstić information content (AvgIpc) is 3.62. The number of aryl methyl sites for hydroxylation is 1. The van der Waals surface area contributed by atoms with Crippen molar-refractivity contribution in [3.63, 3.8) is 0 Å². The molecule has 42 heavy (non-hydrogen) atoms. The number of hydrogen-bond acceptors (Lipinski definition) is 4. The van der Waals surface area contributed by atoms with Crippen molar-refractivity contribution in [1.29, 1.82) is 0 Å². The summed E-state index contributed by atoms with van der Waals surface area (Å²) in [6, 6.07) is 14.9. The molecule has 2 aliphatic heterocycles. The third-order valence-electron chi connectivity index (χ3n) is 7.30. The topological polar surface area (TPSA) is 57.8 Å². The monoisotopic (exact) mass is 571 g/mol. The van der Waals surface area contributed by atoms with Gasteiger partial charge in [0.15, 0.2) is 23.3 Å². The summed E-state index contributed by atoms with van der Waals surface area (Å²) in [5, 5.41) is 8.98. The molecule has 0 bridgehead atoms. The van der Waals surface area contributed by atoms with Crippen LogP contribution in [-0.2, 0) is 0 Å². The molecule has 10 heteroatoms. The Hall–Kier alpha value is -4.99. The lowest BCUT2D eigenvalue weighted by molar-refractivity contribution is 0.413. The highest BCUT2D eigenvalue weighted by atomic mass is 19.2. The molecule has 4 aromatic rings. The predicted octanol–water partition coefficient (Wildman–Crippen LogP) is 7.78. The Morgan fingerprint density at radius 3 is 2.19 bits per heavy atom. The Bertz CT molecular complexity index is 1860. The molecule has 212 valence electrons. The third kappa shape index (κ3) is 4.78. The zero-order chi connectivity index (χ0) is 29.5. The number of aromatic nitrogens is 5. The van der Waals surface area contributed by atoms with Crippen LogP contribution in [0.3, 0.4) is 0 Å². The first-order chi connectivity index (χ1) is 20.3. The van der Waals surface area contributed by atoms with Crippen LogP contribution in [0.15, 0.2) is 79.4 Å². The van der Waals surface area contributed by atoms with Crippen LogP contribution in [0.25, 0.3) is 39.5 Å². The van der Waals surface area contributed by atoms with Gasteiger partial charge in [-0.1, -0.05) is 25.1 Å². The molecule has 1 aromatic heterocycles. The normalized spacial score (nSPS) is 12.2. The van der Waals surface area contributed by atoms with Gasteiger partial charge in [-0.05, 0) is 72.5 Å². The molecule has 3 aromatic carbocycles. The van der Waals surface area contributed by atoms with Crippen LogP contribution in [0.1, 0.15) is 30.6 Å². The number of nitrogens with zero attached hydrogens (tertiary/aromatic N) is 5. The largest absolute Gasteiger partial charge is 0.495 e. The van der Waals surface area contributed by atoms with Gasteiger partial charge in [-0.25, -0.2) is 22.5 Å². The van der Waals surface area contributed by atoms with Crippen molar-refractivity contribution in [2.24, 2.45) is 0 Å². The van der Waals surface area contributed by atoms with E-state index < -0.39 is 23.5 Å². The molecular weight excluding hydrogens is 546 g/mol. The first-order valence-corrected chi connectivity index (χ1v) is 13.3. The van der Waals surface area contributed by atoms with Crippen LogP contribution >= 0.6 is 0 Å². The van der Waals surface area contributed by atoms with E-state index in [1.54, 1.807) is 36.3 Å². The molecule has 6 nitrogen and oxygen atoms in total. The molecule has 0 aliphatic carbocycles. The second-order valence-corrected chi connectivity index (χ2v) is 9.96. The van der Waals surface area contributed by atoms with Gasteiger partial charge in [0.1, 0.15) is 17.3 Å². The van der Waals surface area contributed by atoms with Gasteiger partial charge < -0.3 is 13.9 Å². The van der Waals surface area contributed by atoms with Crippen LogP contribution < -0.4 is 4.74 Å². The number of methoxy groups -OCH3 is 1. The fourth-order valence-electron chi connectivity index (χ4n) is 5.24. The van der Waals surface area contributed by atoms with E-state index in [0.717, 1.165) is 29.1 Å². The smallest absolute Gasteiger partial charge is 0.194 e. The van der Waals surface area contributed by atoms with Crippen molar-refractivity contribution in [3.8, 4) is 45.2 Å². The Morgan fingerprint density at radius 1 is 0.833 bits per heavy atom. The molecule has 6 rings (SSSR count). The second-order valence-electron chi connectivity index (χ2n) is 9.96. The molecule has 1 atom stereocenters. The van der Waals surface area contributed by atoms with Crippen molar-refractivity contribution >= 4 is 0 Å². The zero-order valence-electron chi connectivity index (χ0n) is 22.9. The lowest BCUT2D eigenvalue weighted by Crippen LogP contribution is -2.14. The maximum atomic E-state index is 14.3. The van der Waals surface area contributed by atoms with Crippen LogP contribution in [-0.4, -0.2) is 31.4 Å². The van der Waals surface area contributed by atoms with E-state index >= 15 is 0 Å². The number of halogens is 4. The summed E-state index contributed by atoms with van der Waals surface area (Å²) in [7, 11) is 1.58. The van der Waals surface area contributed by atoms with Crippen LogP contribution in [0, 0.1) is 30.2 Å². The van der Waals surface area contributed by atoms with Crippen molar-refractivity contribution in [2.75, 3.05) is 7.11 Å². The summed E-state index contributed by atoms with van der Waals surface area (Å²) in [5.74, 6) is -3.40. The number of ether oxygens (including phenoxy) is 1. The third-order valence-corrected chi connectivity index (χ3v) is 7.30. The molecule has 0 amide bonds. The minimum Gasteiger partial charge on any atom is -0.495 e. The SMILES string of the molecule is CCC(c1cc(F)c(F)c(F)c1)n1cc(-c2ccc(F)cc2)cc2c(-c3ccc(-n4cnc(C)c4)c(OC)c3)nnc1-2. The molecule has 1 unspecified atom stereocenters. The molecule has 0 saturated heterocycles. The van der Waals surface area contributed by atoms with Gasteiger partial charge in [0.2, 0.25) is 0 Å². The molecule has 0 fully saturated rings. The minimum atomic E-state index is -1.53. The van der Waals surface area contributed by atoms with Crippen molar-refractivity contribution < 1.29 is 22.3 Å². The molecular formula is C32H25F4N5O. The van der Waals surface area contributed by atoms with Gasteiger partial charge >= 0.3 is 0 Å². The highest BCUT2D eigenvalue weighted by Crippen LogP contribution is 2.40. The second kappa shape index (κ2) is 10.8. The predicted molar refractivity (Wildman–Crippen MR) is 151 cm³/mol. The highest BCUT2D eigenvalue weighted by molar-refractivity contribution is 5.83. The molecule has 0 radical (unpaired) electrons. The Labute approximate surface area is 239 Å². The average molecular weight is 572 g/mol. The minimum absolute atomic E-state index is 0.239. The maximum Gasteiger partial charge on any atom is 0.194 e. The van der Waals surface area contributed by atoms with E-state index in [0.29, 0.717) is 40.4 Å². The summed E-state index contributed by atoms with van der Waals surface area (Å²) in [6.07, 6.45) is 5.78. The van der Waals surface area contributed by atoms with Gasteiger partial charge in [0, 0.05) is 23.5 Å². The molecule has 0 N–H and O–H groups in total. The summed E-state index contributed by atoms with van der Waals surface area (Å²) in [6.45, 7) is 3.75. The Kier molecular flexibility index (Phi) is 6.97. The number of fused-ring (bicyclic) bond motifs is 1. The van der Waals surface area contributed by atoms with Gasteiger partial charge in [-0.2, -0.15) is 0 Å². The lowest BCUT2D eigenvalue weighted by Gasteiger charge is -2.24. The molecule has 0 spiro atoms. The van der Waals surface area contributed by atoms with Gasteiger partial charge in [-0.15, -0.1) is 10.2 Å². The lowest BCUT2D eigenvalue weighted by atomic mass is 9.97. The quantitative estimate of drug-likeness (QED) is 0.145. The summed E-state index contributed by atoms with van der Waals surface area (Å²) in [4.78, 5) is 4.29. The van der Waals surface area contributed by atoms with Crippen molar-refractivity contribution in [2.45, 2.75) is 26.3 Å². The van der Waals surface area contributed by atoms with E-state index in [1.165, 1.54) is 12.1 Å². The Morgan fingerprint density at radius 2 is 1.55 bits per heavy atom. The number of pyridine rings is 1. The summed E-state index contributed by atoms with van der Waals surface area (Å²) in [5.41, 5.74) is 5.25. The van der Waals surface area contributed by atoms with E-state index in [4.69, 9.17) is 4.74 Å². The fraction of sp³-hybridized carbons (Fsp3) is 0.156. The van der Waals surface area contributed by atoms with Gasteiger partial charge in [0.05, 0.1) is 30.9 Å². The summed E-state index contributed by atoms with van der Waals surface area (Å²) >= 11 is 0. The fourth-order valence-corrected chi connectivity index (χ4v) is 5.24. The van der Waals surface area contributed by atoms with E-state index in [9.17, 15) is 17.6 Å². The first kappa shape index (κ1) is 27.2. The van der Waals surface area contributed by atoms with E-state index in [2.05, 4.69) is 15.2 Å². The highest BCUT2D eigenvalue weighted by Gasteiger charge is 2.26. The molecule has 3 heterocycles. The van der Waals surface area contributed by atoms with Crippen LogP contribution in [0.2, 0.25) is 0 Å². The standard InChI is InChI=1S/C32H25F4N5O/c1-4-27(21-12-25(34)30(36)26(35)13-21)41-16-22(19-5-8-23(33)9-6-19)11-24-31(38-39-32(24)41)20-7-10-28(29(14-20)42-3)40-15-18(2)37-17-40/h5-17,27H,4H2,1-3H3. The number of benzene rings is 3. The van der Waals surface area contributed by atoms with Crippen LogP contribution in [0.5, 0.6) is 5.75 Å².